The van der Waals surface area contributed by atoms with E-state index in [9.17, 15) is 8.42 Å². The first-order valence-electron chi connectivity index (χ1n) is 7.45. The molecule has 0 radical (unpaired) electrons. The van der Waals surface area contributed by atoms with E-state index in [-0.39, 0.29) is 24.3 Å². The van der Waals surface area contributed by atoms with Gasteiger partial charge in [0.2, 0.25) is 10.0 Å². The number of sulfonamides is 1. The fourth-order valence-electron chi connectivity index (χ4n) is 2.55. The third kappa shape index (κ3) is 5.85. The molecule has 1 saturated heterocycles. The summed E-state index contributed by atoms with van der Waals surface area (Å²) in [6.07, 6.45) is 2.31. The van der Waals surface area contributed by atoms with Gasteiger partial charge in [0, 0.05) is 26.2 Å². The lowest BCUT2D eigenvalue weighted by molar-refractivity contribution is 0.126. The molecule has 1 atom stereocenters. The van der Waals surface area contributed by atoms with Crippen LogP contribution in [0.3, 0.4) is 0 Å². The lowest BCUT2D eigenvalue weighted by atomic mass is 10.1. The second kappa shape index (κ2) is 9.47. The Labute approximate surface area is 139 Å². The van der Waals surface area contributed by atoms with Gasteiger partial charge >= 0.3 is 0 Å². The van der Waals surface area contributed by atoms with E-state index >= 15 is 0 Å². The van der Waals surface area contributed by atoms with E-state index in [0.717, 1.165) is 18.4 Å². The van der Waals surface area contributed by atoms with E-state index in [1.54, 1.807) is 0 Å². The van der Waals surface area contributed by atoms with Crippen molar-refractivity contribution in [3.05, 3.63) is 35.9 Å². The van der Waals surface area contributed by atoms with Crippen molar-refractivity contribution in [2.24, 2.45) is 5.73 Å². The predicted octanol–water partition coefficient (Wildman–Crippen LogP) is 1.42. The molecular formula is C15H25ClN2O3S. The fraction of sp³-hybridized carbons (Fsp3) is 0.600. The summed E-state index contributed by atoms with van der Waals surface area (Å²) in [6, 6.07) is 9.89. The van der Waals surface area contributed by atoms with Crippen molar-refractivity contribution in [2.45, 2.75) is 25.4 Å². The average Bonchev–Trinajstić information content (AvgIpc) is 2.96. The summed E-state index contributed by atoms with van der Waals surface area (Å²) in [5.41, 5.74) is 6.70. The third-order valence-corrected chi connectivity index (χ3v) is 5.63. The number of nitrogens with zero attached hydrogens (tertiary/aromatic N) is 1. The van der Waals surface area contributed by atoms with Crippen LogP contribution in [0.25, 0.3) is 0 Å². The highest BCUT2D eigenvalue weighted by molar-refractivity contribution is 7.89. The smallest absolute Gasteiger partial charge is 0.216 e. The van der Waals surface area contributed by atoms with Crippen LogP contribution in [0.1, 0.15) is 18.4 Å². The highest BCUT2D eigenvalue weighted by Crippen LogP contribution is 2.16. The van der Waals surface area contributed by atoms with Crippen LogP contribution in [0.4, 0.5) is 0 Å². The monoisotopic (exact) mass is 348 g/mol. The molecule has 0 bridgehead atoms. The van der Waals surface area contributed by atoms with Crippen molar-refractivity contribution in [1.82, 2.24) is 4.31 Å². The minimum Gasteiger partial charge on any atom is -0.377 e. The molecule has 1 aliphatic rings. The number of hydrogen-bond donors (Lipinski definition) is 1. The Bertz CT molecular complexity index is 519. The Balaban J connectivity index is 0.00000242. The van der Waals surface area contributed by atoms with E-state index < -0.39 is 10.0 Å². The summed E-state index contributed by atoms with van der Waals surface area (Å²) in [4.78, 5) is 0. The van der Waals surface area contributed by atoms with Gasteiger partial charge in [0.25, 0.3) is 0 Å². The van der Waals surface area contributed by atoms with Crippen LogP contribution in [-0.2, 0) is 21.2 Å². The van der Waals surface area contributed by atoms with E-state index in [1.807, 2.05) is 30.3 Å². The van der Waals surface area contributed by atoms with Gasteiger partial charge in [0.1, 0.15) is 0 Å². The van der Waals surface area contributed by atoms with Crippen LogP contribution in [0.2, 0.25) is 0 Å². The summed E-state index contributed by atoms with van der Waals surface area (Å²) in [6.45, 7) is 1.83. The van der Waals surface area contributed by atoms with E-state index in [1.165, 1.54) is 4.31 Å². The lowest BCUT2D eigenvalue weighted by Crippen LogP contribution is -2.40. The molecule has 0 aromatic heterocycles. The Morgan fingerprint density at radius 1 is 1.23 bits per heavy atom. The van der Waals surface area contributed by atoms with Gasteiger partial charge in [-0.05, 0) is 24.8 Å². The molecule has 1 aromatic rings. The Morgan fingerprint density at radius 2 is 1.95 bits per heavy atom. The number of nitrogens with two attached hydrogens (primary N) is 1. The molecule has 0 aliphatic carbocycles. The minimum absolute atomic E-state index is 0. The first kappa shape index (κ1) is 19.4. The van der Waals surface area contributed by atoms with E-state index in [0.29, 0.717) is 32.7 Å². The molecule has 126 valence electrons. The zero-order valence-corrected chi connectivity index (χ0v) is 14.3. The van der Waals surface area contributed by atoms with Gasteiger partial charge in [0.05, 0.1) is 11.9 Å². The minimum atomic E-state index is -3.31. The maximum atomic E-state index is 12.5. The second-order valence-electron chi connectivity index (χ2n) is 5.34. The van der Waals surface area contributed by atoms with Crippen molar-refractivity contribution >= 4 is 22.4 Å². The van der Waals surface area contributed by atoms with Crippen molar-refractivity contribution in [1.29, 1.82) is 0 Å². The van der Waals surface area contributed by atoms with Gasteiger partial charge in [0.15, 0.2) is 0 Å². The molecule has 22 heavy (non-hydrogen) atoms. The standard InChI is InChI=1S/C15H24N2O3S.ClH/c16-9-11-17(10-8-14-5-2-1-3-6-14)21(18,19)13-15-7-4-12-20-15;/h1-3,5-6,15H,4,7-13,16H2;1H. The number of halogens is 1. The molecule has 1 aliphatic heterocycles. The van der Waals surface area contributed by atoms with Crippen LogP contribution >= 0.6 is 12.4 Å². The summed E-state index contributed by atoms with van der Waals surface area (Å²) in [5.74, 6) is 0.0712. The van der Waals surface area contributed by atoms with Crippen molar-refractivity contribution in [2.75, 3.05) is 32.0 Å². The molecule has 0 saturated carbocycles. The maximum absolute atomic E-state index is 12.5. The van der Waals surface area contributed by atoms with Crippen LogP contribution in [0.5, 0.6) is 0 Å². The molecule has 1 unspecified atom stereocenters. The third-order valence-electron chi connectivity index (χ3n) is 3.69. The maximum Gasteiger partial charge on any atom is 0.216 e. The number of benzene rings is 1. The van der Waals surface area contributed by atoms with Crippen molar-refractivity contribution < 1.29 is 13.2 Å². The highest BCUT2D eigenvalue weighted by Gasteiger charge is 2.28. The zero-order valence-electron chi connectivity index (χ0n) is 12.7. The van der Waals surface area contributed by atoms with Gasteiger partial charge in [-0.3, -0.25) is 0 Å². The molecule has 2 N–H and O–H groups in total. The molecule has 0 spiro atoms. The van der Waals surface area contributed by atoms with E-state index in [2.05, 4.69) is 0 Å². The Kier molecular flexibility index (Phi) is 8.35. The summed E-state index contributed by atoms with van der Waals surface area (Å²) in [5, 5.41) is 0. The topological polar surface area (TPSA) is 72.6 Å². The number of rotatable bonds is 8. The van der Waals surface area contributed by atoms with Crippen LogP contribution in [0.15, 0.2) is 30.3 Å². The summed E-state index contributed by atoms with van der Waals surface area (Å²) < 4.78 is 31.9. The van der Waals surface area contributed by atoms with Gasteiger partial charge in [-0.1, -0.05) is 30.3 Å². The fourth-order valence-corrected chi connectivity index (χ4v) is 4.25. The lowest BCUT2D eigenvalue weighted by Gasteiger charge is -2.23. The first-order valence-corrected chi connectivity index (χ1v) is 9.06. The largest absolute Gasteiger partial charge is 0.377 e. The molecule has 2 rings (SSSR count). The predicted molar refractivity (Wildman–Crippen MR) is 90.8 cm³/mol. The van der Waals surface area contributed by atoms with Crippen molar-refractivity contribution in [3.63, 3.8) is 0 Å². The molecule has 1 aromatic carbocycles. The van der Waals surface area contributed by atoms with Gasteiger partial charge in [-0.25, -0.2) is 12.7 Å². The normalized spacial score (nSPS) is 18.4. The Morgan fingerprint density at radius 3 is 2.55 bits per heavy atom. The van der Waals surface area contributed by atoms with Gasteiger partial charge in [-0.15, -0.1) is 12.4 Å². The van der Waals surface area contributed by atoms with Crippen molar-refractivity contribution in [3.8, 4) is 0 Å². The quantitative estimate of drug-likeness (QED) is 0.771. The van der Waals surface area contributed by atoms with Crippen LogP contribution in [0, 0.1) is 0 Å². The molecule has 1 fully saturated rings. The summed E-state index contributed by atoms with van der Waals surface area (Å²) >= 11 is 0. The van der Waals surface area contributed by atoms with Gasteiger partial charge < -0.3 is 10.5 Å². The van der Waals surface area contributed by atoms with Gasteiger partial charge in [-0.2, -0.15) is 0 Å². The van der Waals surface area contributed by atoms with E-state index in [4.69, 9.17) is 10.5 Å². The Hall–Kier alpha value is -0.660. The second-order valence-corrected chi connectivity index (χ2v) is 7.35. The van der Waals surface area contributed by atoms with Crippen LogP contribution < -0.4 is 5.73 Å². The summed E-state index contributed by atoms with van der Waals surface area (Å²) in [7, 11) is -3.31. The SMILES string of the molecule is Cl.NCCN(CCc1ccccc1)S(=O)(=O)CC1CCCO1. The molecule has 7 heteroatoms. The molecular weight excluding hydrogens is 324 g/mol. The molecule has 1 heterocycles. The van der Waals surface area contributed by atoms with Crippen LogP contribution in [-0.4, -0.2) is 50.8 Å². The zero-order chi connectivity index (χ0) is 15.1. The first-order chi connectivity index (χ1) is 10.1. The average molecular weight is 349 g/mol. The highest BCUT2D eigenvalue weighted by atomic mass is 35.5. The number of ether oxygens (including phenoxy) is 1. The number of hydrogen-bond acceptors (Lipinski definition) is 4. The molecule has 5 nitrogen and oxygen atoms in total. The molecule has 0 amide bonds.